The van der Waals surface area contributed by atoms with Gasteiger partial charge in [-0.2, -0.15) is 0 Å². The van der Waals surface area contributed by atoms with Crippen LogP contribution in [0.15, 0.2) is 12.1 Å². The van der Waals surface area contributed by atoms with Crippen LogP contribution in [0.25, 0.3) is 0 Å². The van der Waals surface area contributed by atoms with Crippen molar-refractivity contribution in [1.82, 2.24) is 4.90 Å². The van der Waals surface area contributed by atoms with Crippen molar-refractivity contribution >= 4 is 5.97 Å². The fourth-order valence-corrected chi connectivity index (χ4v) is 2.11. The van der Waals surface area contributed by atoms with Crippen molar-refractivity contribution in [3.05, 3.63) is 28.8 Å². The van der Waals surface area contributed by atoms with Gasteiger partial charge in [0.2, 0.25) is 0 Å². The third-order valence-corrected chi connectivity index (χ3v) is 3.16. The molecule has 1 aromatic carbocycles. The van der Waals surface area contributed by atoms with Crippen LogP contribution in [0.3, 0.4) is 0 Å². The number of nitrogens with two attached hydrogens (primary N) is 1. The zero-order valence-corrected chi connectivity index (χ0v) is 11.7. The van der Waals surface area contributed by atoms with Crippen LogP contribution in [0, 0.1) is 6.92 Å². The topological polar surface area (TPSA) is 86.8 Å². The lowest BCUT2D eigenvalue weighted by molar-refractivity contribution is -0.137. The summed E-state index contributed by atoms with van der Waals surface area (Å²) < 4.78 is 0. The maximum Gasteiger partial charge on any atom is 0.303 e. The van der Waals surface area contributed by atoms with E-state index in [0.29, 0.717) is 13.0 Å². The number of aliphatic carboxylic acids is 1. The number of benzene rings is 1. The number of carbonyl (C=O) groups is 1. The molecule has 0 aliphatic rings. The maximum absolute atomic E-state index is 10.6. The van der Waals surface area contributed by atoms with E-state index in [2.05, 4.69) is 0 Å². The molecule has 19 heavy (non-hydrogen) atoms. The Kier molecular flexibility index (Phi) is 5.32. The van der Waals surface area contributed by atoms with Crippen LogP contribution in [0.4, 0.5) is 0 Å². The molecule has 0 heterocycles. The van der Waals surface area contributed by atoms with E-state index in [9.17, 15) is 9.90 Å². The molecule has 0 fully saturated rings. The zero-order valence-electron chi connectivity index (χ0n) is 11.7. The number of phenols is 1. The highest BCUT2D eigenvalue weighted by molar-refractivity contribution is 5.66. The van der Waals surface area contributed by atoms with Crippen molar-refractivity contribution < 1.29 is 15.0 Å². The number of rotatable bonds is 6. The molecule has 1 rings (SSSR count). The standard InChI is InChI=1S/C14H22N2O3/c1-9-10(12(15)5-7-14(18)19)4-6-13(17)11(9)8-16(2)3/h4,6,12,17H,5,7-8,15H2,1-3H3,(H,18,19). The Morgan fingerprint density at radius 1 is 1.42 bits per heavy atom. The Balaban J connectivity index is 2.99. The second-order valence-electron chi connectivity index (χ2n) is 5.05. The van der Waals surface area contributed by atoms with E-state index in [1.54, 1.807) is 12.1 Å². The molecule has 1 unspecified atom stereocenters. The number of carboxylic acid groups (broad SMARTS) is 1. The van der Waals surface area contributed by atoms with Gasteiger partial charge in [-0.1, -0.05) is 6.07 Å². The van der Waals surface area contributed by atoms with E-state index in [4.69, 9.17) is 10.8 Å². The molecule has 0 aromatic heterocycles. The molecule has 0 bridgehead atoms. The molecule has 1 aromatic rings. The van der Waals surface area contributed by atoms with Crippen LogP contribution < -0.4 is 5.73 Å². The van der Waals surface area contributed by atoms with Crippen LogP contribution in [-0.4, -0.2) is 35.2 Å². The normalized spacial score (nSPS) is 12.7. The van der Waals surface area contributed by atoms with E-state index < -0.39 is 5.97 Å². The van der Waals surface area contributed by atoms with Gasteiger partial charge in [0, 0.05) is 24.6 Å². The van der Waals surface area contributed by atoms with Crippen molar-refractivity contribution in [3.63, 3.8) is 0 Å². The summed E-state index contributed by atoms with van der Waals surface area (Å²) in [4.78, 5) is 12.6. The fraction of sp³-hybridized carbons (Fsp3) is 0.500. The highest BCUT2D eigenvalue weighted by atomic mass is 16.4. The molecular weight excluding hydrogens is 244 g/mol. The van der Waals surface area contributed by atoms with Gasteiger partial charge < -0.3 is 20.8 Å². The summed E-state index contributed by atoms with van der Waals surface area (Å²) in [6, 6.07) is 3.08. The average molecular weight is 266 g/mol. The number of carboxylic acids is 1. The molecule has 106 valence electrons. The Morgan fingerprint density at radius 3 is 2.58 bits per heavy atom. The van der Waals surface area contributed by atoms with Gasteiger partial charge in [-0.05, 0) is 44.6 Å². The Morgan fingerprint density at radius 2 is 2.05 bits per heavy atom. The van der Waals surface area contributed by atoms with Gasteiger partial charge in [-0.15, -0.1) is 0 Å². The molecular formula is C14H22N2O3. The summed E-state index contributed by atoms with van der Waals surface area (Å²) in [5.41, 5.74) is 8.71. The predicted molar refractivity (Wildman–Crippen MR) is 74.0 cm³/mol. The Bertz CT molecular complexity index is 458. The molecule has 4 N–H and O–H groups in total. The van der Waals surface area contributed by atoms with E-state index in [1.165, 1.54) is 0 Å². The summed E-state index contributed by atoms with van der Waals surface area (Å²) in [6.45, 7) is 2.53. The first kappa shape index (κ1) is 15.5. The van der Waals surface area contributed by atoms with E-state index in [1.807, 2.05) is 25.9 Å². The van der Waals surface area contributed by atoms with E-state index in [-0.39, 0.29) is 18.2 Å². The lowest BCUT2D eigenvalue weighted by Gasteiger charge is -2.20. The lowest BCUT2D eigenvalue weighted by atomic mass is 9.94. The van der Waals surface area contributed by atoms with Crippen LogP contribution in [0.5, 0.6) is 5.75 Å². The van der Waals surface area contributed by atoms with Crippen molar-refractivity contribution in [1.29, 1.82) is 0 Å². The quantitative estimate of drug-likeness (QED) is 0.728. The van der Waals surface area contributed by atoms with Gasteiger partial charge in [0.05, 0.1) is 0 Å². The number of aromatic hydroxyl groups is 1. The minimum atomic E-state index is -0.847. The zero-order chi connectivity index (χ0) is 14.6. The summed E-state index contributed by atoms with van der Waals surface area (Å²) in [5, 5.41) is 18.6. The van der Waals surface area contributed by atoms with Crippen molar-refractivity contribution in [2.75, 3.05) is 14.1 Å². The molecule has 0 aliphatic carbocycles. The number of phenolic OH excluding ortho intramolecular Hbond substituents is 1. The third kappa shape index (κ3) is 4.22. The van der Waals surface area contributed by atoms with Crippen molar-refractivity contribution in [3.8, 4) is 5.75 Å². The molecule has 0 spiro atoms. The van der Waals surface area contributed by atoms with Gasteiger partial charge in [0.15, 0.2) is 0 Å². The molecule has 0 amide bonds. The molecule has 5 nitrogen and oxygen atoms in total. The van der Waals surface area contributed by atoms with E-state index in [0.717, 1.165) is 16.7 Å². The van der Waals surface area contributed by atoms with Gasteiger partial charge in [0.1, 0.15) is 5.75 Å². The fourth-order valence-electron chi connectivity index (χ4n) is 2.11. The second kappa shape index (κ2) is 6.54. The van der Waals surface area contributed by atoms with Gasteiger partial charge in [-0.25, -0.2) is 0 Å². The van der Waals surface area contributed by atoms with Crippen LogP contribution in [0.2, 0.25) is 0 Å². The Labute approximate surface area is 113 Å². The monoisotopic (exact) mass is 266 g/mol. The van der Waals surface area contributed by atoms with Crippen LogP contribution in [0.1, 0.15) is 35.6 Å². The van der Waals surface area contributed by atoms with Crippen LogP contribution in [-0.2, 0) is 11.3 Å². The smallest absolute Gasteiger partial charge is 0.303 e. The average Bonchev–Trinajstić information content (AvgIpc) is 2.31. The van der Waals surface area contributed by atoms with Crippen LogP contribution >= 0.6 is 0 Å². The molecule has 0 saturated heterocycles. The molecule has 5 heteroatoms. The first-order valence-electron chi connectivity index (χ1n) is 6.26. The third-order valence-electron chi connectivity index (χ3n) is 3.16. The first-order valence-corrected chi connectivity index (χ1v) is 6.26. The number of hydrogen-bond donors (Lipinski definition) is 3. The van der Waals surface area contributed by atoms with Gasteiger partial charge >= 0.3 is 5.97 Å². The minimum Gasteiger partial charge on any atom is -0.508 e. The molecule has 0 aliphatic heterocycles. The largest absolute Gasteiger partial charge is 0.508 e. The summed E-state index contributed by atoms with van der Waals surface area (Å²) in [5.74, 6) is -0.596. The van der Waals surface area contributed by atoms with E-state index >= 15 is 0 Å². The molecule has 1 atom stereocenters. The summed E-state index contributed by atoms with van der Waals surface area (Å²) in [7, 11) is 3.85. The Hall–Kier alpha value is -1.59. The first-order chi connectivity index (χ1) is 8.82. The predicted octanol–water partition coefficient (Wildman–Crippen LogP) is 1.63. The number of nitrogens with zero attached hydrogens (tertiary/aromatic N) is 1. The SMILES string of the molecule is Cc1c(C(N)CCC(=O)O)ccc(O)c1CN(C)C. The second-order valence-corrected chi connectivity index (χ2v) is 5.05. The summed E-state index contributed by atoms with van der Waals surface area (Å²) >= 11 is 0. The van der Waals surface area contributed by atoms with Gasteiger partial charge in [0.25, 0.3) is 0 Å². The maximum atomic E-state index is 10.6. The number of hydrogen-bond acceptors (Lipinski definition) is 4. The minimum absolute atomic E-state index is 0.0461. The highest BCUT2D eigenvalue weighted by Gasteiger charge is 2.16. The highest BCUT2D eigenvalue weighted by Crippen LogP contribution is 2.29. The molecule has 0 saturated carbocycles. The van der Waals surface area contributed by atoms with Gasteiger partial charge in [-0.3, -0.25) is 4.79 Å². The lowest BCUT2D eigenvalue weighted by Crippen LogP contribution is -2.17. The molecule has 0 radical (unpaired) electrons. The van der Waals surface area contributed by atoms with Crippen molar-refractivity contribution in [2.45, 2.75) is 32.4 Å². The summed E-state index contributed by atoms with van der Waals surface area (Å²) in [6.07, 6.45) is 0.437. The van der Waals surface area contributed by atoms with Crippen molar-refractivity contribution in [2.24, 2.45) is 5.73 Å².